The third-order valence-electron chi connectivity index (χ3n) is 10.4. The lowest BCUT2D eigenvalue weighted by molar-refractivity contribution is 0.670. The number of hydrogen-bond donors (Lipinski definition) is 0. The SMILES string of the molecule is [2H]c1c([2H])c([2H])c(-c2ccc(-c3nc(-c4ccccc4)nc(-c4cccc5c4oc4c(-c6ccc7c8ccccc8c8ccccc8c7c6)cccc45)n3)cc2)c([2H])c1[2H]. The Balaban J connectivity index is 1.07. The fraction of sp³-hybridized carbons (Fsp3) is 0. The summed E-state index contributed by atoms with van der Waals surface area (Å²) in [6.07, 6.45) is 0. The third-order valence-corrected chi connectivity index (χ3v) is 10.4. The zero-order valence-corrected chi connectivity index (χ0v) is 29.3. The molecule has 0 fully saturated rings. The van der Waals surface area contributed by atoms with Gasteiger partial charge < -0.3 is 4.42 Å². The van der Waals surface area contributed by atoms with E-state index < -0.39 is 6.04 Å². The Morgan fingerprint density at radius 2 is 0.800 bits per heavy atom. The first-order chi connectivity index (χ1) is 29.3. The molecule has 0 spiro atoms. The van der Waals surface area contributed by atoms with Crippen molar-refractivity contribution in [2.75, 3.05) is 0 Å². The minimum Gasteiger partial charge on any atom is -0.455 e. The largest absolute Gasteiger partial charge is 0.455 e. The van der Waals surface area contributed by atoms with E-state index in [1.54, 1.807) is 24.3 Å². The number of rotatable bonds is 5. The van der Waals surface area contributed by atoms with Gasteiger partial charge in [0, 0.05) is 27.5 Å². The number of nitrogens with zero attached hydrogens (tertiary/aromatic N) is 3. The second-order valence-electron chi connectivity index (χ2n) is 13.6. The van der Waals surface area contributed by atoms with Crippen molar-refractivity contribution in [2.24, 2.45) is 0 Å². The van der Waals surface area contributed by atoms with Crippen molar-refractivity contribution < 1.29 is 11.3 Å². The van der Waals surface area contributed by atoms with E-state index in [9.17, 15) is 0 Å². The van der Waals surface area contributed by atoms with Gasteiger partial charge in [0.05, 0.1) is 12.4 Å². The van der Waals surface area contributed by atoms with Crippen molar-refractivity contribution in [3.8, 4) is 56.4 Å². The Morgan fingerprint density at radius 3 is 1.45 bits per heavy atom. The molecule has 4 nitrogen and oxygen atoms in total. The van der Waals surface area contributed by atoms with Crippen molar-refractivity contribution in [3.05, 3.63) is 188 Å². The molecule has 0 aliphatic heterocycles. The molecule has 0 bridgehead atoms. The third kappa shape index (κ3) is 5.19. The lowest BCUT2D eigenvalue weighted by Gasteiger charge is -2.12. The van der Waals surface area contributed by atoms with Gasteiger partial charge >= 0.3 is 0 Å². The summed E-state index contributed by atoms with van der Waals surface area (Å²) in [5.41, 5.74) is 6.28. The predicted octanol–water partition coefficient (Wildman–Crippen LogP) is 13.6. The summed E-state index contributed by atoms with van der Waals surface area (Å²) in [6.45, 7) is 0. The molecule has 0 amide bonds. The molecule has 2 heterocycles. The Labute approximate surface area is 324 Å². The van der Waals surface area contributed by atoms with Crippen LogP contribution in [-0.4, -0.2) is 15.0 Å². The number of hydrogen-bond acceptors (Lipinski definition) is 4. The first-order valence-corrected chi connectivity index (χ1v) is 18.1. The average molecular weight is 707 g/mol. The average Bonchev–Trinajstić information content (AvgIpc) is 3.70. The van der Waals surface area contributed by atoms with Gasteiger partial charge in [0.15, 0.2) is 17.5 Å². The molecule has 9 aromatic carbocycles. The normalized spacial score (nSPS) is 12.9. The summed E-state index contributed by atoms with van der Waals surface area (Å²) in [5.74, 6) is 1.33. The topological polar surface area (TPSA) is 51.8 Å². The monoisotopic (exact) mass is 706 g/mol. The van der Waals surface area contributed by atoms with E-state index in [0.29, 0.717) is 39.7 Å². The summed E-state index contributed by atoms with van der Waals surface area (Å²) in [6, 6.07) is 51.2. The van der Waals surface area contributed by atoms with Crippen LogP contribution in [0.25, 0.3) is 111 Å². The Hall–Kier alpha value is -7.43. The highest BCUT2D eigenvalue weighted by Gasteiger charge is 2.20. The van der Waals surface area contributed by atoms with Crippen molar-refractivity contribution >= 4 is 54.3 Å². The van der Waals surface area contributed by atoms with E-state index in [1.165, 1.54) is 32.3 Å². The van der Waals surface area contributed by atoms with Gasteiger partial charge in [-0.25, -0.2) is 15.0 Å². The highest BCUT2D eigenvalue weighted by Crippen LogP contribution is 2.42. The van der Waals surface area contributed by atoms with E-state index >= 15 is 0 Å². The van der Waals surface area contributed by atoms with Gasteiger partial charge in [-0.1, -0.05) is 176 Å². The molecule has 0 unspecified atom stereocenters. The number of benzene rings is 9. The fourth-order valence-electron chi connectivity index (χ4n) is 7.82. The van der Waals surface area contributed by atoms with Crippen LogP contribution in [0.4, 0.5) is 0 Å². The second kappa shape index (κ2) is 12.6. The van der Waals surface area contributed by atoms with Crippen LogP contribution in [0, 0.1) is 0 Å². The van der Waals surface area contributed by atoms with Gasteiger partial charge in [0.1, 0.15) is 11.2 Å². The van der Waals surface area contributed by atoms with Crippen LogP contribution < -0.4 is 0 Å². The lowest BCUT2D eigenvalue weighted by Crippen LogP contribution is -2.00. The van der Waals surface area contributed by atoms with Crippen LogP contribution in [0.5, 0.6) is 0 Å². The van der Waals surface area contributed by atoms with E-state index in [-0.39, 0.29) is 29.7 Å². The molecule has 0 saturated heterocycles. The molecule has 4 heteroatoms. The van der Waals surface area contributed by atoms with Crippen LogP contribution in [0.15, 0.2) is 192 Å². The summed E-state index contributed by atoms with van der Waals surface area (Å²) in [4.78, 5) is 14.9. The minimum absolute atomic E-state index is 0.135. The quantitative estimate of drug-likeness (QED) is 0.167. The molecule has 11 aromatic rings. The molecular formula is C51H31N3O. The summed E-state index contributed by atoms with van der Waals surface area (Å²) in [5, 5.41) is 9.19. The molecule has 55 heavy (non-hydrogen) atoms. The second-order valence-corrected chi connectivity index (χ2v) is 13.6. The zero-order valence-electron chi connectivity index (χ0n) is 34.3. The fourth-order valence-corrected chi connectivity index (χ4v) is 7.82. The molecule has 11 rings (SSSR count). The Morgan fingerprint density at radius 1 is 0.327 bits per heavy atom. The molecule has 0 N–H and O–H groups in total. The maximum absolute atomic E-state index is 8.48. The van der Waals surface area contributed by atoms with Crippen LogP contribution in [-0.2, 0) is 0 Å². The van der Waals surface area contributed by atoms with Gasteiger partial charge in [0.2, 0.25) is 0 Å². The molecule has 0 aliphatic rings. The molecule has 256 valence electrons. The molecule has 0 saturated carbocycles. The summed E-state index contributed by atoms with van der Waals surface area (Å²) < 4.78 is 48.2. The molecule has 0 atom stereocenters. The van der Waals surface area contributed by atoms with Gasteiger partial charge in [-0.3, -0.25) is 0 Å². The van der Waals surface area contributed by atoms with E-state index in [4.69, 9.17) is 26.2 Å². The lowest BCUT2D eigenvalue weighted by atomic mass is 9.92. The first-order valence-electron chi connectivity index (χ1n) is 20.6. The molecular weight excluding hydrogens is 671 g/mol. The van der Waals surface area contributed by atoms with Crippen LogP contribution in [0.3, 0.4) is 0 Å². The van der Waals surface area contributed by atoms with Crippen molar-refractivity contribution in [3.63, 3.8) is 0 Å². The standard InChI is InChI=1S/C51H31N3O/c1-3-13-32(14-4-1)33-25-27-35(28-26-33)50-52-49(34-15-5-2-6-16-34)53-51(54-50)45-24-12-23-44-43-22-11-21-37(47(43)55-48(44)45)36-29-30-42-40-19-8-7-17-38(40)39-18-9-10-20-41(39)46(42)31-36/h1-31H/i1D,3D,4D,13D,14D. The number of fused-ring (bicyclic) bond motifs is 9. The Bertz CT molecular complexity index is 3490. The number of para-hydroxylation sites is 2. The molecule has 2 aromatic heterocycles. The zero-order chi connectivity index (χ0) is 40.6. The molecule has 0 aliphatic carbocycles. The van der Waals surface area contributed by atoms with Crippen LogP contribution >= 0.6 is 0 Å². The van der Waals surface area contributed by atoms with Crippen molar-refractivity contribution in [1.29, 1.82) is 0 Å². The Kier molecular flexibility index (Phi) is 6.04. The van der Waals surface area contributed by atoms with Gasteiger partial charge in [0.25, 0.3) is 0 Å². The minimum atomic E-state index is -0.427. The van der Waals surface area contributed by atoms with E-state index in [1.807, 2.05) is 42.5 Å². The number of furan rings is 1. The van der Waals surface area contributed by atoms with Crippen LogP contribution in [0.2, 0.25) is 0 Å². The maximum atomic E-state index is 8.48. The maximum Gasteiger partial charge on any atom is 0.167 e. The van der Waals surface area contributed by atoms with Crippen LogP contribution in [0.1, 0.15) is 6.85 Å². The van der Waals surface area contributed by atoms with Crippen molar-refractivity contribution in [1.82, 2.24) is 15.0 Å². The van der Waals surface area contributed by atoms with Gasteiger partial charge in [-0.2, -0.15) is 0 Å². The summed E-state index contributed by atoms with van der Waals surface area (Å²) >= 11 is 0. The van der Waals surface area contributed by atoms with E-state index in [2.05, 4.69) is 91.0 Å². The highest BCUT2D eigenvalue weighted by molar-refractivity contribution is 6.26. The van der Waals surface area contributed by atoms with E-state index in [0.717, 1.165) is 33.0 Å². The number of aromatic nitrogens is 3. The van der Waals surface area contributed by atoms with Gasteiger partial charge in [-0.15, -0.1) is 0 Å². The smallest absolute Gasteiger partial charge is 0.167 e. The molecule has 0 radical (unpaired) electrons. The van der Waals surface area contributed by atoms with Gasteiger partial charge in [-0.05, 0) is 61.1 Å². The first kappa shape index (κ1) is 26.4. The van der Waals surface area contributed by atoms with Crippen molar-refractivity contribution in [2.45, 2.75) is 0 Å². The summed E-state index contributed by atoms with van der Waals surface area (Å²) in [7, 11) is 0. The highest BCUT2D eigenvalue weighted by atomic mass is 16.3. The predicted molar refractivity (Wildman–Crippen MR) is 227 cm³/mol.